The molecular formula is C57H37N3. The summed E-state index contributed by atoms with van der Waals surface area (Å²) in [5.74, 6) is 0. The van der Waals surface area contributed by atoms with E-state index in [1.807, 2.05) is 18.2 Å². The number of fused-ring (bicyclic) bond motifs is 9. The minimum Gasteiger partial charge on any atom is -0.309 e. The van der Waals surface area contributed by atoms with Gasteiger partial charge in [0.2, 0.25) is 0 Å². The first kappa shape index (κ1) is 34.1. The normalized spacial score (nSPS) is 12.2. The monoisotopic (exact) mass is 763 g/mol. The van der Waals surface area contributed by atoms with Crippen LogP contribution in [-0.4, -0.2) is 9.13 Å². The summed E-state index contributed by atoms with van der Waals surface area (Å²) in [6.07, 6.45) is 2.12. The van der Waals surface area contributed by atoms with Crippen molar-refractivity contribution in [3.63, 3.8) is 0 Å². The van der Waals surface area contributed by atoms with Gasteiger partial charge in [0, 0.05) is 38.5 Å². The molecule has 11 aromatic rings. The van der Waals surface area contributed by atoms with E-state index in [0.717, 1.165) is 40.9 Å². The Balaban J connectivity index is 1.04. The molecule has 9 aromatic carbocycles. The van der Waals surface area contributed by atoms with Crippen molar-refractivity contribution in [2.45, 2.75) is 12.8 Å². The van der Waals surface area contributed by atoms with Gasteiger partial charge in [-0.05, 0) is 118 Å². The van der Waals surface area contributed by atoms with E-state index in [9.17, 15) is 5.26 Å². The van der Waals surface area contributed by atoms with Gasteiger partial charge in [-0.1, -0.05) is 146 Å². The molecule has 0 N–H and O–H groups in total. The molecule has 0 aliphatic heterocycles. The van der Waals surface area contributed by atoms with Crippen LogP contribution in [0.25, 0.3) is 99.5 Å². The molecule has 0 bridgehead atoms. The maximum atomic E-state index is 9.66. The van der Waals surface area contributed by atoms with E-state index in [2.05, 4.69) is 197 Å². The fourth-order valence-electron chi connectivity index (χ4n) is 10.0. The van der Waals surface area contributed by atoms with Crippen LogP contribution in [0.15, 0.2) is 200 Å². The summed E-state index contributed by atoms with van der Waals surface area (Å²) in [6, 6.07) is 74.8. The van der Waals surface area contributed by atoms with Gasteiger partial charge in [-0.3, -0.25) is 0 Å². The van der Waals surface area contributed by atoms with Crippen molar-refractivity contribution in [2.75, 3.05) is 0 Å². The minimum atomic E-state index is 0.654. The number of para-hydroxylation sites is 3. The lowest BCUT2D eigenvalue weighted by Gasteiger charge is -2.22. The Labute approximate surface area is 348 Å². The van der Waals surface area contributed by atoms with Crippen LogP contribution in [0.4, 0.5) is 0 Å². The average molecular weight is 764 g/mol. The lowest BCUT2D eigenvalue weighted by atomic mass is 9.82. The molecule has 1 aliphatic carbocycles. The van der Waals surface area contributed by atoms with E-state index in [1.54, 1.807) is 0 Å². The van der Waals surface area contributed by atoms with E-state index in [4.69, 9.17) is 0 Å². The molecule has 0 saturated carbocycles. The first-order valence-corrected chi connectivity index (χ1v) is 20.7. The summed E-state index contributed by atoms with van der Waals surface area (Å²) in [4.78, 5) is 0. The van der Waals surface area contributed by atoms with Crippen LogP contribution < -0.4 is 0 Å². The van der Waals surface area contributed by atoms with Gasteiger partial charge in [0.25, 0.3) is 0 Å². The van der Waals surface area contributed by atoms with E-state index in [-0.39, 0.29) is 0 Å². The summed E-state index contributed by atoms with van der Waals surface area (Å²) < 4.78 is 4.86. The van der Waals surface area contributed by atoms with Crippen molar-refractivity contribution < 1.29 is 0 Å². The molecule has 0 amide bonds. The molecule has 0 spiro atoms. The third-order valence-electron chi connectivity index (χ3n) is 12.7. The lowest BCUT2D eigenvalue weighted by molar-refractivity contribution is 0.944. The molecule has 12 rings (SSSR count). The Kier molecular flexibility index (Phi) is 7.73. The molecule has 0 radical (unpaired) electrons. The van der Waals surface area contributed by atoms with Crippen LogP contribution in [0.2, 0.25) is 0 Å². The van der Waals surface area contributed by atoms with Gasteiger partial charge in [-0.15, -0.1) is 0 Å². The number of nitriles is 1. The average Bonchev–Trinajstić information content (AvgIpc) is 3.85. The zero-order valence-electron chi connectivity index (χ0n) is 32.8. The molecule has 2 heterocycles. The SMILES string of the molecule is N#Cc1cccc(-c2cccc(-n3c4ccccc4c4cccc(-c5cccc6c5c5ccccc5n6-c5ccc(-c6cccc7c6CCc6ccccc6-7)cc5)c43)c2)c1. The Morgan fingerprint density at radius 3 is 1.87 bits per heavy atom. The van der Waals surface area contributed by atoms with Crippen LogP contribution in [0.1, 0.15) is 16.7 Å². The van der Waals surface area contributed by atoms with Crippen molar-refractivity contribution in [2.24, 2.45) is 0 Å². The van der Waals surface area contributed by atoms with E-state index in [1.165, 1.54) is 82.6 Å². The second-order valence-electron chi connectivity index (χ2n) is 15.9. The zero-order chi connectivity index (χ0) is 39.7. The van der Waals surface area contributed by atoms with Gasteiger partial charge in [-0.25, -0.2) is 0 Å². The predicted octanol–water partition coefficient (Wildman–Crippen LogP) is 14.5. The van der Waals surface area contributed by atoms with Crippen molar-refractivity contribution in [3.8, 4) is 62.0 Å². The van der Waals surface area contributed by atoms with Crippen LogP contribution in [-0.2, 0) is 12.8 Å². The number of nitrogens with zero attached hydrogens (tertiary/aromatic N) is 3. The Hall–Kier alpha value is -7.93. The fourth-order valence-corrected chi connectivity index (χ4v) is 10.0. The third-order valence-corrected chi connectivity index (χ3v) is 12.7. The first-order valence-electron chi connectivity index (χ1n) is 20.7. The van der Waals surface area contributed by atoms with Crippen molar-refractivity contribution in [3.05, 3.63) is 217 Å². The number of hydrogen-bond acceptors (Lipinski definition) is 1. The van der Waals surface area contributed by atoms with Crippen molar-refractivity contribution >= 4 is 43.6 Å². The van der Waals surface area contributed by atoms with Gasteiger partial charge in [0.1, 0.15) is 0 Å². The van der Waals surface area contributed by atoms with Crippen LogP contribution in [0.3, 0.4) is 0 Å². The number of hydrogen-bond donors (Lipinski definition) is 0. The number of aromatic nitrogens is 2. The topological polar surface area (TPSA) is 33.6 Å². The number of aryl methyl sites for hydroxylation is 1. The van der Waals surface area contributed by atoms with Crippen LogP contribution >= 0.6 is 0 Å². The van der Waals surface area contributed by atoms with Gasteiger partial charge >= 0.3 is 0 Å². The summed E-state index contributed by atoms with van der Waals surface area (Å²) in [5, 5.41) is 14.5. The molecule has 0 unspecified atom stereocenters. The van der Waals surface area contributed by atoms with E-state index in [0.29, 0.717) is 5.56 Å². The smallest absolute Gasteiger partial charge is 0.0991 e. The molecule has 280 valence electrons. The lowest BCUT2D eigenvalue weighted by Crippen LogP contribution is -2.05. The molecule has 0 saturated heterocycles. The second-order valence-corrected chi connectivity index (χ2v) is 15.9. The van der Waals surface area contributed by atoms with Crippen molar-refractivity contribution in [1.82, 2.24) is 9.13 Å². The summed E-state index contributed by atoms with van der Waals surface area (Å²) >= 11 is 0. The van der Waals surface area contributed by atoms with Gasteiger partial charge in [0.15, 0.2) is 0 Å². The Morgan fingerprint density at radius 1 is 0.383 bits per heavy atom. The highest BCUT2D eigenvalue weighted by molar-refractivity contribution is 6.20. The molecule has 3 nitrogen and oxygen atoms in total. The van der Waals surface area contributed by atoms with Gasteiger partial charge in [-0.2, -0.15) is 5.26 Å². The largest absolute Gasteiger partial charge is 0.309 e. The van der Waals surface area contributed by atoms with E-state index < -0.39 is 0 Å². The fraction of sp³-hybridized carbons (Fsp3) is 0.0351. The highest BCUT2D eigenvalue weighted by atomic mass is 15.0. The highest BCUT2D eigenvalue weighted by Gasteiger charge is 2.22. The first-order chi connectivity index (χ1) is 29.7. The maximum Gasteiger partial charge on any atom is 0.0991 e. The molecule has 1 aliphatic rings. The summed E-state index contributed by atoms with van der Waals surface area (Å²) in [6.45, 7) is 0. The van der Waals surface area contributed by atoms with Crippen molar-refractivity contribution in [1.29, 1.82) is 5.26 Å². The van der Waals surface area contributed by atoms with Crippen LogP contribution in [0, 0.1) is 11.3 Å². The Morgan fingerprint density at radius 2 is 1.00 bits per heavy atom. The van der Waals surface area contributed by atoms with Gasteiger partial charge in [0.05, 0.1) is 33.7 Å². The minimum absolute atomic E-state index is 0.654. The third kappa shape index (κ3) is 5.21. The molecule has 3 heteroatoms. The second kappa shape index (κ2) is 13.6. The molecule has 0 fully saturated rings. The summed E-state index contributed by atoms with van der Waals surface area (Å²) in [7, 11) is 0. The molecule has 0 atom stereocenters. The molecule has 60 heavy (non-hydrogen) atoms. The molecule has 2 aromatic heterocycles. The Bertz CT molecular complexity index is 3560. The summed E-state index contributed by atoms with van der Waals surface area (Å²) in [5.41, 5.74) is 20.2. The quantitative estimate of drug-likeness (QED) is 0.172. The van der Waals surface area contributed by atoms with E-state index >= 15 is 0 Å². The maximum absolute atomic E-state index is 9.66. The molecular weight excluding hydrogens is 727 g/mol. The predicted molar refractivity (Wildman–Crippen MR) is 249 cm³/mol. The van der Waals surface area contributed by atoms with Crippen LogP contribution in [0.5, 0.6) is 0 Å². The van der Waals surface area contributed by atoms with Gasteiger partial charge < -0.3 is 9.13 Å². The zero-order valence-corrected chi connectivity index (χ0v) is 32.8. The number of rotatable bonds is 5. The number of benzene rings is 9. The highest BCUT2D eigenvalue weighted by Crippen LogP contribution is 2.44. The standard InChI is InChI=1S/C57H37N3/c58-36-37-12-7-14-40(34-37)41-15-8-16-43(35-41)60-53-25-5-3-18-48(53)50-23-10-24-51(57(50)60)49-22-11-27-55-56(49)52-19-4-6-26-54(52)59(55)42-31-28-39(29-32-42)45-20-9-21-46-44-17-2-1-13-38(44)30-33-47(45)46/h1-29,31-32,34-35H,30,33H2.